The quantitative estimate of drug-likeness (QED) is 0.804. The minimum Gasteiger partial charge on any atom is -0.462 e. The van der Waals surface area contributed by atoms with Gasteiger partial charge in [0.1, 0.15) is 5.60 Å². The highest BCUT2D eigenvalue weighted by molar-refractivity contribution is 5.82. The van der Waals surface area contributed by atoms with Gasteiger partial charge >= 0.3 is 0 Å². The molecule has 0 unspecified atom stereocenters. The van der Waals surface area contributed by atoms with Gasteiger partial charge in [-0.1, -0.05) is 12.1 Å². The van der Waals surface area contributed by atoms with Crippen LogP contribution in [0.5, 0.6) is 0 Å². The van der Waals surface area contributed by atoms with Gasteiger partial charge in [0, 0.05) is 17.1 Å². The number of carbonyl (C=O) groups excluding carboxylic acids is 1. The lowest BCUT2D eigenvalue weighted by Gasteiger charge is -2.14. The van der Waals surface area contributed by atoms with Crippen LogP contribution in [0.15, 0.2) is 30.5 Å². The molecule has 4 nitrogen and oxygen atoms in total. The number of ether oxygens (including phenoxy) is 1. The van der Waals surface area contributed by atoms with E-state index in [9.17, 15) is 4.79 Å². The normalized spacial score (nSPS) is 10.7. The highest BCUT2D eigenvalue weighted by Gasteiger charge is 2.07. The monoisotopic (exact) mass is 249 g/mol. The smallest absolute Gasteiger partial charge is 0.293 e. The number of aromatic nitrogens is 1. The average Bonchev–Trinajstić information content (AvgIpc) is 2.75. The van der Waals surface area contributed by atoms with E-state index in [1.807, 2.05) is 51.2 Å². The van der Waals surface area contributed by atoms with Crippen molar-refractivity contribution in [3.8, 4) is 0 Å². The summed E-state index contributed by atoms with van der Waals surface area (Å²) < 4.78 is 4.55. The van der Waals surface area contributed by atoms with Crippen LogP contribution in [-0.2, 0) is 16.1 Å². The van der Waals surface area contributed by atoms with Gasteiger partial charge in [0.25, 0.3) is 6.47 Å². The molecule has 1 aromatic carbocycles. The molecule has 0 spiro atoms. The predicted molar refractivity (Wildman–Crippen MR) is 71.1 cm³/mol. The second-order valence-corrected chi connectivity index (χ2v) is 4.84. The summed E-state index contributed by atoms with van der Waals surface area (Å²) in [5.41, 5.74) is 1.74. The Balaban J connectivity index is 0.000000203. The lowest BCUT2D eigenvalue weighted by atomic mass is 10.1. The molecular formula is C14H19NO3. The molecule has 18 heavy (non-hydrogen) atoms. The Morgan fingerprint density at radius 1 is 1.33 bits per heavy atom. The maximum absolute atomic E-state index is 9.60. The fourth-order valence-corrected chi connectivity index (χ4v) is 1.43. The first kappa shape index (κ1) is 14.3. The van der Waals surface area contributed by atoms with Crippen LogP contribution in [0.3, 0.4) is 0 Å². The van der Waals surface area contributed by atoms with E-state index in [0.29, 0.717) is 6.47 Å². The van der Waals surface area contributed by atoms with Crippen LogP contribution < -0.4 is 0 Å². The highest BCUT2D eigenvalue weighted by Crippen LogP contribution is 2.16. The van der Waals surface area contributed by atoms with Crippen molar-refractivity contribution >= 4 is 17.4 Å². The Kier molecular flexibility index (Phi) is 4.92. The molecule has 0 saturated heterocycles. The SMILES string of the molecule is CC(C)(C)OC=O.OCc1cccc2[nH]ccc12. The third kappa shape index (κ3) is 4.22. The zero-order chi connectivity index (χ0) is 13.6. The van der Waals surface area contributed by atoms with Gasteiger partial charge in [-0.2, -0.15) is 0 Å². The highest BCUT2D eigenvalue weighted by atomic mass is 16.5. The van der Waals surface area contributed by atoms with Crippen LogP contribution in [0.1, 0.15) is 26.3 Å². The molecule has 2 aromatic rings. The molecule has 0 saturated carbocycles. The van der Waals surface area contributed by atoms with Gasteiger partial charge in [0.05, 0.1) is 6.61 Å². The zero-order valence-corrected chi connectivity index (χ0v) is 10.9. The standard InChI is InChI=1S/C9H9NO.C5H10O2/c11-6-7-2-1-3-9-8(7)4-5-10-9;1-5(2,3)7-4-6/h1-5,10-11H,6H2;4H,1-3H3. The van der Waals surface area contributed by atoms with E-state index < -0.39 is 0 Å². The Bertz CT molecular complexity index is 497. The molecular weight excluding hydrogens is 230 g/mol. The summed E-state index contributed by atoms with van der Waals surface area (Å²) in [6, 6.07) is 7.83. The van der Waals surface area contributed by atoms with Crippen molar-refractivity contribution in [2.45, 2.75) is 33.0 Å². The molecule has 0 bridgehead atoms. The molecule has 1 aromatic heterocycles. The summed E-state index contributed by atoms with van der Waals surface area (Å²) in [6.07, 6.45) is 1.88. The van der Waals surface area contributed by atoms with Gasteiger partial charge in [-0.15, -0.1) is 0 Å². The van der Waals surface area contributed by atoms with Crippen molar-refractivity contribution in [1.29, 1.82) is 0 Å². The number of nitrogens with one attached hydrogen (secondary N) is 1. The Hall–Kier alpha value is -1.81. The summed E-state index contributed by atoms with van der Waals surface area (Å²) in [5.74, 6) is 0. The van der Waals surface area contributed by atoms with E-state index >= 15 is 0 Å². The summed E-state index contributed by atoms with van der Waals surface area (Å²) >= 11 is 0. The van der Waals surface area contributed by atoms with Crippen molar-refractivity contribution in [3.05, 3.63) is 36.0 Å². The lowest BCUT2D eigenvalue weighted by molar-refractivity contribution is -0.138. The third-order valence-corrected chi connectivity index (χ3v) is 2.26. The van der Waals surface area contributed by atoms with Gasteiger partial charge in [0.2, 0.25) is 0 Å². The Labute approximate surface area is 107 Å². The number of benzene rings is 1. The molecule has 98 valence electrons. The summed E-state index contributed by atoms with van der Waals surface area (Å²) in [7, 11) is 0. The summed E-state index contributed by atoms with van der Waals surface area (Å²) in [4.78, 5) is 12.7. The van der Waals surface area contributed by atoms with Crippen LogP contribution in [0.2, 0.25) is 0 Å². The first-order chi connectivity index (χ1) is 8.48. The lowest BCUT2D eigenvalue weighted by Crippen LogP contribution is -2.17. The number of aliphatic hydroxyl groups excluding tert-OH is 1. The number of rotatable bonds is 2. The number of aromatic amines is 1. The molecule has 0 amide bonds. The fourth-order valence-electron chi connectivity index (χ4n) is 1.43. The van der Waals surface area contributed by atoms with Gasteiger partial charge in [-0.3, -0.25) is 4.79 Å². The van der Waals surface area contributed by atoms with Crippen LogP contribution in [0.25, 0.3) is 10.9 Å². The van der Waals surface area contributed by atoms with Gasteiger partial charge < -0.3 is 14.8 Å². The molecule has 0 fully saturated rings. The Morgan fingerprint density at radius 3 is 2.56 bits per heavy atom. The van der Waals surface area contributed by atoms with E-state index in [1.165, 1.54) is 0 Å². The van der Waals surface area contributed by atoms with Crippen LogP contribution in [0, 0.1) is 0 Å². The van der Waals surface area contributed by atoms with Gasteiger partial charge in [0.15, 0.2) is 0 Å². The van der Waals surface area contributed by atoms with Crippen molar-refractivity contribution < 1.29 is 14.6 Å². The first-order valence-electron chi connectivity index (χ1n) is 5.75. The molecule has 0 radical (unpaired) electrons. The molecule has 2 rings (SSSR count). The van der Waals surface area contributed by atoms with Gasteiger partial charge in [-0.05, 0) is 38.5 Å². The fraction of sp³-hybridized carbons (Fsp3) is 0.357. The molecule has 0 aliphatic rings. The largest absolute Gasteiger partial charge is 0.462 e. The maximum Gasteiger partial charge on any atom is 0.293 e. The van der Waals surface area contributed by atoms with Gasteiger partial charge in [-0.25, -0.2) is 0 Å². The molecule has 0 aliphatic carbocycles. The van der Waals surface area contributed by atoms with E-state index in [2.05, 4.69) is 9.72 Å². The summed E-state index contributed by atoms with van der Waals surface area (Å²) in [5, 5.41) is 10.0. The van der Waals surface area contributed by atoms with Crippen molar-refractivity contribution in [2.75, 3.05) is 0 Å². The van der Waals surface area contributed by atoms with E-state index in [0.717, 1.165) is 16.5 Å². The second-order valence-electron chi connectivity index (χ2n) is 4.84. The second kappa shape index (κ2) is 6.21. The molecule has 0 aliphatic heterocycles. The van der Waals surface area contributed by atoms with Crippen molar-refractivity contribution in [2.24, 2.45) is 0 Å². The maximum atomic E-state index is 9.60. The van der Waals surface area contributed by atoms with Crippen molar-refractivity contribution in [1.82, 2.24) is 4.98 Å². The van der Waals surface area contributed by atoms with Crippen LogP contribution >= 0.6 is 0 Å². The zero-order valence-electron chi connectivity index (χ0n) is 10.9. The van der Waals surface area contributed by atoms with Crippen LogP contribution in [0.4, 0.5) is 0 Å². The topological polar surface area (TPSA) is 62.3 Å². The number of hydrogen-bond donors (Lipinski definition) is 2. The number of aliphatic hydroxyl groups is 1. The number of H-pyrrole nitrogens is 1. The molecule has 2 N–H and O–H groups in total. The average molecular weight is 249 g/mol. The van der Waals surface area contributed by atoms with E-state index in [4.69, 9.17) is 5.11 Å². The van der Waals surface area contributed by atoms with E-state index in [1.54, 1.807) is 0 Å². The number of fused-ring (bicyclic) bond motifs is 1. The molecule has 4 heteroatoms. The molecule has 0 atom stereocenters. The first-order valence-corrected chi connectivity index (χ1v) is 5.75. The number of hydrogen-bond acceptors (Lipinski definition) is 3. The summed E-state index contributed by atoms with van der Waals surface area (Å²) in [6.45, 7) is 6.03. The predicted octanol–water partition coefficient (Wildman–Crippen LogP) is 2.62. The minimum absolute atomic E-state index is 0.106. The Morgan fingerprint density at radius 2 is 2.06 bits per heavy atom. The molecule has 1 heterocycles. The number of carbonyl (C=O) groups is 1. The van der Waals surface area contributed by atoms with Crippen molar-refractivity contribution in [3.63, 3.8) is 0 Å². The third-order valence-electron chi connectivity index (χ3n) is 2.26. The van der Waals surface area contributed by atoms with Crippen LogP contribution in [-0.4, -0.2) is 22.2 Å². The van der Waals surface area contributed by atoms with E-state index in [-0.39, 0.29) is 12.2 Å². The minimum atomic E-state index is -0.318.